The topological polar surface area (TPSA) is 39.2 Å². The highest BCUT2D eigenvalue weighted by Gasteiger charge is 2.36. The lowest BCUT2D eigenvalue weighted by Crippen LogP contribution is -2.07. The number of carbonyl (C=O) groups is 1. The maximum atomic E-state index is 11.7. The monoisotopic (exact) mass is 259 g/mol. The number of esters is 1. The van der Waals surface area contributed by atoms with E-state index in [1.807, 2.05) is 36.4 Å². The number of hydrogen-bond acceptors (Lipinski definition) is 3. The second-order valence-corrected chi connectivity index (χ2v) is 4.54. The molecule has 0 aliphatic carbocycles. The van der Waals surface area contributed by atoms with Crippen molar-refractivity contribution in [2.45, 2.75) is 11.5 Å². The zero-order valence-corrected chi connectivity index (χ0v) is 10.2. The molecule has 0 N–H and O–H groups in total. The number of ether oxygens (including phenoxy) is 1. The Morgan fingerprint density at radius 3 is 2.72 bits per heavy atom. The number of carbonyl (C=O) groups excluding carboxylic acids is 1. The molecule has 3 rings (SSSR count). The fraction of sp³-hybridized carbons (Fsp3) is 0.143. The van der Waals surface area contributed by atoms with Crippen molar-refractivity contribution in [2.75, 3.05) is 0 Å². The summed E-state index contributed by atoms with van der Waals surface area (Å²) in [5.74, 6) is -0.322. The van der Waals surface area contributed by atoms with E-state index in [4.69, 9.17) is 16.3 Å². The van der Waals surface area contributed by atoms with Crippen LogP contribution in [-0.2, 0) is 4.74 Å². The fourth-order valence-corrected chi connectivity index (χ4v) is 2.40. The third-order valence-corrected chi connectivity index (χ3v) is 3.41. The number of rotatable bonds is 2. The van der Waals surface area contributed by atoms with E-state index < -0.39 is 11.5 Å². The van der Waals surface area contributed by atoms with Gasteiger partial charge in [-0.2, -0.15) is 0 Å². The van der Waals surface area contributed by atoms with Crippen molar-refractivity contribution in [2.24, 2.45) is 0 Å². The molecule has 0 fully saturated rings. The number of benzene rings is 1. The standard InChI is InChI=1S/C14H10ClNO2/c15-12(11-7-3-4-8-16-11)13-9-5-1-2-6-10(9)14(17)18-13/h1-8,12-13H. The van der Waals surface area contributed by atoms with Crippen molar-refractivity contribution in [3.05, 3.63) is 65.5 Å². The second kappa shape index (κ2) is 4.42. The van der Waals surface area contributed by atoms with E-state index in [1.54, 1.807) is 12.3 Å². The van der Waals surface area contributed by atoms with E-state index in [2.05, 4.69) is 4.98 Å². The van der Waals surface area contributed by atoms with Gasteiger partial charge in [0.05, 0.1) is 11.3 Å². The lowest BCUT2D eigenvalue weighted by atomic mass is 10.0. The Morgan fingerprint density at radius 1 is 1.17 bits per heavy atom. The van der Waals surface area contributed by atoms with E-state index in [0.29, 0.717) is 11.3 Å². The van der Waals surface area contributed by atoms with Crippen LogP contribution in [0.2, 0.25) is 0 Å². The normalized spacial score (nSPS) is 19.2. The van der Waals surface area contributed by atoms with Gasteiger partial charge in [0.1, 0.15) is 11.5 Å². The number of nitrogens with zero attached hydrogens (tertiary/aromatic N) is 1. The minimum absolute atomic E-state index is 0.322. The molecule has 1 aromatic carbocycles. The van der Waals surface area contributed by atoms with Crippen LogP contribution in [-0.4, -0.2) is 11.0 Å². The van der Waals surface area contributed by atoms with E-state index >= 15 is 0 Å². The number of hydrogen-bond donors (Lipinski definition) is 0. The first kappa shape index (κ1) is 11.2. The largest absolute Gasteiger partial charge is 0.452 e. The molecule has 2 heterocycles. The van der Waals surface area contributed by atoms with Gasteiger partial charge in [-0.3, -0.25) is 4.98 Å². The van der Waals surface area contributed by atoms with Crippen molar-refractivity contribution in [3.63, 3.8) is 0 Å². The molecule has 4 heteroatoms. The van der Waals surface area contributed by atoms with Gasteiger partial charge in [0.25, 0.3) is 0 Å². The smallest absolute Gasteiger partial charge is 0.339 e. The molecule has 0 saturated heterocycles. The summed E-state index contributed by atoms with van der Waals surface area (Å²) < 4.78 is 5.34. The Kier molecular flexibility index (Phi) is 2.76. The third kappa shape index (κ3) is 1.77. The zero-order chi connectivity index (χ0) is 12.5. The average Bonchev–Trinajstić information content (AvgIpc) is 2.77. The molecule has 0 saturated carbocycles. The van der Waals surface area contributed by atoms with Gasteiger partial charge in [-0.25, -0.2) is 4.79 Å². The van der Waals surface area contributed by atoms with Crippen LogP contribution in [0.25, 0.3) is 0 Å². The number of cyclic esters (lactones) is 1. The molecular formula is C14H10ClNO2. The van der Waals surface area contributed by atoms with Crippen molar-refractivity contribution in [3.8, 4) is 0 Å². The molecule has 18 heavy (non-hydrogen) atoms. The lowest BCUT2D eigenvalue weighted by molar-refractivity contribution is 0.0374. The second-order valence-electron chi connectivity index (χ2n) is 4.07. The summed E-state index contributed by atoms with van der Waals surface area (Å²) in [6, 6.07) is 12.8. The van der Waals surface area contributed by atoms with E-state index in [1.165, 1.54) is 0 Å². The Labute approximate surface area is 109 Å². The van der Waals surface area contributed by atoms with Gasteiger partial charge in [-0.15, -0.1) is 11.6 Å². The quantitative estimate of drug-likeness (QED) is 0.614. The Bertz CT molecular complexity index is 585. The summed E-state index contributed by atoms with van der Waals surface area (Å²) >= 11 is 6.37. The highest BCUT2D eigenvalue weighted by molar-refractivity contribution is 6.21. The third-order valence-electron chi connectivity index (χ3n) is 2.96. The number of aromatic nitrogens is 1. The van der Waals surface area contributed by atoms with Crippen LogP contribution in [0.5, 0.6) is 0 Å². The highest BCUT2D eigenvalue weighted by Crippen LogP contribution is 2.42. The van der Waals surface area contributed by atoms with Gasteiger partial charge in [-0.05, 0) is 18.2 Å². The minimum Gasteiger partial charge on any atom is -0.452 e. The molecule has 0 bridgehead atoms. The number of halogens is 1. The summed E-state index contributed by atoms with van der Waals surface area (Å²) in [5, 5.41) is -0.473. The predicted octanol–water partition coefficient (Wildman–Crippen LogP) is 3.27. The van der Waals surface area contributed by atoms with Gasteiger partial charge in [0.15, 0.2) is 0 Å². The number of alkyl halides is 1. The van der Waals surface area contributed by atoms with E-state index in [9.17, 15) is 4.79 Å². The predicted molar refractivity (Wildman–Crippen MR) is 67.4 cm³/mol. The first-order valence-electron chi connectivity index (χ1n) is 5.62. The van der Waals surface area contributed by atoms with Crippen LogP contribution in [0.1, 0.15) is 33.1 Å². The van der Waals surface area contributed by atoms with Gasteiger partial charge < -0.3 is 4.74 Å². The van der Waals surface area contributed by atoms with Gasteiger partial charge in [0.2, 0.25) is 0 Å². The molecule has 2 atom stereocenters. The summed E-state index contributed by atoms with van der Waals surface area (Å²) in [7, 11) is 0. The first-order chi connectivity index (χ1) is 8.77. The fourth-order valence-electron chi connectivity index (χ4n) is 2.08. The number of fused-ring (bicyclic) bond motifs is 1. The molecule has 1 aliphatic rings. The SMILES string of the molecule is O=C1OC(C(Cl)c2ccccn2)c2ccccc21. The molecule has 2 aromatic rings. The molecule has 3 nitrogen and oxygen atoms in total. The van der Waals surface area contributed by atoms with E-state index in [0.717, 1.165) is 5.56 Å². The molecule has 0 amide bonds. The zero-order valence-electron chi connectivity index (χ0n) is 9.42. The maximum Gasteiger partial charge on any atom is 0.339 e. The Hall–Kier alpha value is -1.87. The van der Waals surface area contributed by atoms with Crippen molar-refractivity contribution in [1.82, 2.24) is 4.98 Å². The minimum atomic E-state index is -0.473. The molecule has 1 aromatic heterocycles. The molecule has 0 spiro atoms. The van der Waals surface area contributed by atoms with Crippen LogP contribution in [0.4, 0.5) is 0 Å². The number of pyridine rings is 1. The average molecular weight is 260 g/mol. The van der Waals surface area contributed by atoms with Crippen LogP contribution in [0.15, 0.2) is 48.7 Å². The lowest BCUT2D eigenvalue weighted by Gasteiger charge is -2.16. The van der Waals surface area contributed by atoms with Gasteiger partial charge >= 0.3 is 5.97 Å². The summed E-state index contributed by atoms with van der Waals surface area (Å²) in [6.45, 7) is 0. The summed E-state index contributed by atoms with van der Waals surface area (Å²) in [6.07, 6.45) is 1.21. The van der Waals surface area contributed by atoms with Crippen molar-refractivity contribution < 1.29 is 9.53 Å². The molecule has 0 radical (unpaired) electrons. The van der Waals surface area contributed by atoms with Crippen LogP contribution >= 0.6 is 11.6 Å². The molecule has 2 unspecified atom stereocenters. The van der Waals surface area contributed by atoms with Crippen LogP contribution in [0.3, 0.4) is 0 Å². The van der Waals surface area contributed by atoms with E-state index in [-0.39, 0.29) is 5.97 Å². The molecular weight excluding hydrogens is 250 g/mol. The molecule has 1 aliphatic heterocycles. The van der Waals surface area contributed by atoms with Gasteiger partial charge in [0, 0.05) is 11.8 Å². The summed E-state index contributed by atoms with van der Waals surface area (Å²) in [5.41, 5.74) is 2.12. The van der Waals surface area contributed by atoms with Crippen LogP contribution in [0, 0.1) is 0 Å². The maximum absolute atomic E-state index is 11.7. The Morgan fingerprint density at radius 2 is 1.94 bits per heavy atom. The Balaban J connectivity index is 1.98. The highest BCUT2D eigenvalue weighted by atomic mass is 35.5. The first-order valence-corrected chi connectivity index (χ1v) is 6.06. The summed E-state index contributed by atoms with van der Waals surface area (Å²) in [4.78, 5) is 15.9. The van der Waals surface area contributed by atoms with Crippen molar-refractivity contribution in [1.29, 1.82) is 0 Å². The van der Waals surface area contributed by atoms with Gasteiger partial charge in [-0.1, -0.05) is 24.3 Å². The van der Waals surface area contributed by atoms with Crippen molar-refractivity contribution >= 4 is 17.6 Å². The molecule has 90 valence electrons. The van der Waals surface area contributed by atoms with Crippen LogP contribution < -0.4 is 0 Å².